The Labute approximate surface area is 125 Å². The number of hydrogen-bond acceptors (Lipinski definition) is 3. The van der Waals surface area contributed by atoms with Crippen molar-refractivity contribution >= 4 is 17.3 Å². The van der Waals surface area contributed by atoms with Gasteiger partial charge in [0.05, 0.1) is 5.69 Å². The number of benzene rings is 1. The van der Waals surface area contributed by atoms with Gasteiger partial charge in [-0.25, -0.2) is 0 Å². The zero-order valence-electron chi connectivity index (χ0n) is 12.8. The van der Waals surface area contributed by atoms with Crippen LogP contribution in [0.1, 0.15) is 38.2 Å². The molecule has 1 aromatic carbocycles. The smallest absolute Gasteiger partial charge is 0.248 e. The number of nitrogens with zero attached hydrogens (tertiary/aromatic N) is 2. The molecule has 112 valence electrons. The van der Waals surface area contributed by atoms with Crippen LogP contribution in [0, 0.1) is 0 Å². The predicted molar refractivity (Wildman–Crippen MR) is 85.2 cm³/mol. The Morgan fingerprint density at radius 3 is 2.52 bits per heavy atom. The topological polar surface area (TPSA) is 72.9 Å². The number of nitrogen functional groups attached to an aromatic ring is 1. The maximum Gasteiger partial charge on any atom is 0.248 e. The summed E-state index contributed by atoms with van der Waals surface area (Å²) in [5, 5.41) is 7.40. The minimum Gasteiger partial charge on any atom is -0.399 e. The highest BCUT2D eigenvalue weighted by Gasteiger charge is 2.19. The molecule has 1 unspecified atom stereocenters. The van der Waals surface area contributed by atoms with Gasteiger partial charge in [-0.2, -0.15) is 5.10 Å². The van der Waals surface area contributed by atoms with Crippen LogP contribution in [0.4, 0.5) is 11.4 Å². The Kier molecular flexibility index (Phi) is 4.62. The molecule has 0 aliphatic heterocycles. The fraction of sp³-hybridized carbons (Fsp3) is 0.375. The van der Waals surface area contributed by atoms with Gasteiger partial charge in [-0.3, -0.25) is 9.48 Å². The van der Waals surface area contributed by atoms with Crippen LogP contribution in [0.5, 0.6) is 0 Å². The monoisotopic (exact) mass is 286 g/mol. The molecule has 1 heterocycles. The van der Waals surface area contributed by atoms with Gasteiger partial charge in [0.1, 0.15) is 6.04 Å². The molecule has 2 aromatic rings. The van der Waals surface area contributed by atoms with E-state index in [9.17, 15) is 4.79 Å². The van der Waals surface area contributed by atoms with E-state index in [0.29, 0.717) is 5.69 Å². The van der Waals surface area contributed by atoms with Gasteiger partial charge in [-0.1, -0.05) is 13.8 Å². The van der Waals surface area contributed by atoms with Crippen molar-refractivity contribution in [3.8, 4) is 0 Å². The van der Waals surface area contributed by atoms with Crippen molar-refractivity contribution in [2.45, 2.75) is 39.7 Å². The van der Waals surface area contributed by atoms with Crippen molar-refractivity contribution < 1.29 is 4.79 Å². The van der Waals surface area contributed by atoms with Crippen molar-refractivity contribution in [2.75, 3.05) is 11.1 Å². The summed E-state index contributed by atoms with van der Waals surface area (Å²) >= 11 is 0. The quantitative estimate of drug-likeness (QED) is 0.830. The molecule has 21 heavy (non-hydrogen) atoms. The molecular weight excluding hydrogens is 264 g/mol. The van der Waals surface area contributed by atoms with Gasteiger partial charge in [0.2, 0.25) is 5.91 Å². The Balaban J connectivity index is 2.15. The largest absolute Gasteiger partial charge is 0.399 e. The summed E-state index contributed by atoms with van der Waals surface area (Å²) in [4.78, 5) is 12.4. The number of aromatic nitrogens is 2. The highest BCUT2D eigenvalue weighted by molar-refractivity contribution is 5.93. The second-order valence-corrected chi connectivity index (χ2v) is 5.07. The Bertz CT molecular complexity index is 616. The lowest BCUT2D eigenvalue weighted by atomic mass is 10.2. The molecule has 2 rings (SSSR count). The summed E-state index contributed by atoms with van der Waals surface area (Å²) in [6, 6.07) is 8.83. The van der Waals surface area contributed by atoms with Crippen LogP contribution in [0.3, 0.4) is 0 Å². The number of nitrogens with one attached hydrogen (secondary N) is 1. The molecule has 0 saturated carbocycles. The molecule has 3 N–H and O–H groups in total. The minimum atomic E-state index is -0.349. The number of rotatable bonds is 5. The summed E-state index contributed by atoms with van der Waals surface area (Å²) in [6.07, 6.45) is 1.72. The van der Waals surface area contributed by atoms with Gasteiger partial charge in [0, 0.05) is 17.1 Å². The van der Waals surface area contributed by atoms with Crippen molar-refractivity contribution in [1.29, 1.82) is 0 Å². The average Bonchev–Trinajstić information content (AvgIpc) is 2.92. The molecule has 1 amide bonds. The highest BCUT2D eigenvalue weighted by atomic mass is 16.2. The zero-order valence-corrected chi connectivity index (χ0v) is 12.8. The maximum atomic E-state index is 12.4. The van der Waals surface area contributed by atoms with E-state index >= 15 is 0 Å². The number of aryl methyl sites for hydroxylation is 2. The van der Waals surface area contributed by atoms with Gasteiger partial charge in [-0.05, 0) is 50.1 Å². The first-order valence-corrected chi connectivity index (χ1v) is 7.28. The van der Waals surface area contributed by atoms with E-state index in [1.54, 1.807) is 24.3 Å². The average molecular weight is 286 g/mol. The highest BCUT2D eigenvalue weighted by Crippen LogP contribution is 2.17. The van der Waals surface area contributed by atoms with E-state index in [0.717, 1.165) is 29.9 Å². The standard InChI is InChI=1S/C16H22N4O/c1-4-13-10-15(5-2)20(19-13)11(3)16(21)18-14-8-6-12(17)7-9-14/h6-11H,4-5,17H2,1-3H3,(H,18,21). The molecular formula is C16H22N4O. The number of hydrogen-bond donors (Lipinski definition) is 2. The van der Waals surface area contributed by atoms with E-state index in [1.807, 2.05) is 11.6 Å². The number of amides is 1. The fourth-order valence-electron chi connectivity index (χ4n) is 2.19. The van der Waals surface area contributed by atoms with Crippen LogP contribution < -0.4 is 11.1 Å². The normalized spacial score (nSPS) is 12.1. The third-order valence-corrected chi connectivity index (χ3v) is 3.51. The lowest BCUT2D eigenvalue weighted by molar-refractivity contribution is -0.119. The van der Waals surface area contributed by atoms with Crippen molar-refractivity contribution in [3.05, 3.63) is 41.7 Å². The molecule has 1 aromatic heterocycles. The molecule has 0 aliphatic carbocycles. The first-order chi connectivity index (χ1) is 10.0. The molecule has 0 radical (unpaired) electrons. The van der Waals surface area contributed by atoms with Gasteiger partial charge in [0.25, 0.3) is 0 Å². The maximum absolute atomic E-state index is 12.4. The summed E-state index contributed by atoms with van der Waals surface area (Å²) in [6.45, 7) is 5.99. The zero-order chi connectivity index (χ0) is 15.4. The van der Waals surface area contributed by atoms with E-state index in [2.05, 4.69) is 30.3 Å². The minimum absolute atomic E-state index is 0.0831. The lowest BCUT2D eigenvalue weighted by Crippen LogP contribution is -2.25. The number of carbonyl (C=O) groups is 1. The Morgan fingerprint density at radius 1 is 1.29 bits per heavy atom. The van der Waals surface area contributed by atoms with Crippen molar-refractivity contribution in [1.82, 2.24) is 9.78 Å². The van der Waals surface area contributed by atoms with Crippen LogP contribution in [-0.4, -0.2) is 15.7 Å². The predicted octanol–water partition coefficient (Wildman–Crippen LogP) is 2.79. The number of anilines is 2. The molecule has 0 bridgehead atoms. The second-order valence-electron chi connectivity index (χ2n) is 5.07. The molecule has 0 saturated heterocycles. The van der Waals surface area contributed by atoms with Gasteiger partial charge >= 0.3 is 0 Å². The van der Waals surface area contributed by atoms with Gasteiger partial charge < -0.3 is 11.1 Å². The van der Waals surface area contributed by atoms with Crippen molar-refractivity contribution in [2.24, 2.45) is 0 Å². The van der Waals surface area contributed by atoms with E-state index < -0.39 is 0 Å². The van der Waals surface area contributed by atoms with E-state index in [4.69, 9.17) is 5.73 Å². The fourth-order valence-corrected chi connectivity index (χ4v) is 2.19. The molecule has 5 nitrogen and oxygen atoms in total. The van der Waals surface area contributed by atoms with E-state index in [1.165, 1.54) is 0 Å². The third kappa shape index (κ3) is 3.42. The van der Waals surface area contributed by atoms with E-state index in [-0.39, 0.29) is 11.9 Å². The molecule has 0 aliphatic rings. The molecule has 1 atom stereocenters. The summed E-state index contributed by atoms with van der Waals surface area (Å²) < 4.78 is 1.81. The molecule has 0 spiro atoms. The first kappa shape index (κ1) is 15.1. The number of nitrogens with two attached hydrogens (primary N) is 1. The molecule has 0 fully saturated rings. The lowest BCUT2D eigenvalue weighted by Gasteiger charge is -2.15. The van der Waals surface area contributed by atoms with Crippen LogP contribution in [0.2, 0.25) is 0 Å². The van der Waals surface area contributed by atoms with Crippen LogP contribution in [-0.2, 0) is 17.6 Å². The SMILES string of the molecule is CCc1cc(CC)n(C(C)C(=O)Nc2ccc(N)cc2)n1. The molecule has 5 heteroatoms. The Morgan fingerprint density at radius 2 is 1.95 bits per heavy atom. The van der Waals surface area contributed by atoms with Crippen molar-refractivity contribution in [3.63, 3.8) is 0 Å². The summed E-state index contributed by atoms with van der Waals surface area (Å²) in [5.41, 5.74) is 9.14. The Hall–Kier alpha value is -2.30. The second kappa shape index (κ2) is 6.43. The first-order valence-electron chi connectivity index (χ1n) is 7.28. The van der Waals surface area contributed by atoms with Crippen LogP contribution in [0.15, 0.2) is 30.3 Å². The third-order valence-electron chi connectivity index (χ3n) is 3.51. The van der Waals surface area contributed by atoms with Gasteiger partial charge in [-0.15, -0.1) is 0 Å². The van der Waals surface area contributed by atoms with Crippen LogP contribution >= 0.6 is 0 Å². The summed E-state index contributed by atoms with van der Waals surface area (Å²) in [5.74, 6) is -0.0831. The van der Waals surface area contributed by atoms with Crippen LogP contribution in [0.25, 0.3) is 0 Å². The summed E-state index contributed by atoms with van der Waals surface area (Å²) in [7, 11) is 0. The van der Waals surface area contributed by atoms with Gasteiger partial charge in [0.15, 0.2) is 0 Å². The number of carbonyl (C=O) groups excluding carboxylic acids is 1.